The van der Waals surface area contributed by atoms with Crippen LogP contribution in [0.5, 0.6) is 5.75 Å². The van der Waals surface area contributed by atoms with Crippen LogP contribution in [0.4, 0.5) is 0 Å². The van der Waals surface area contributed by atoms with Crippen LogP contribution in [0, 0.1) is 0 Å². The van der Waals surface area contributed by atoms with Gasteiger partial charge in [0, 0.05) is 0 Å². The maximum absolute atomic E-state index is 6.19. The second-order valence-electron chi connectivity index (χ2n) is 5.54. The van der Waals surface area contributed by atoms with Gasteiger partial charge < -0.3 is 4.74 Å². The van der Waals surface area contributed by atoms with Crippen LogP contribution in [0.2, 0.25) is 5.02 Å². The summed E-state index contributed by atoms with van der Waals surface area (Å²) >= 11 is 11.8. The zero-order chi connectivity index (χ0) is 16.9. The van der Waals surface area contributed by atoms with E-state index in [9.17, 15) is 0 Å². The number of ether oxygens (including phenoxy) is 1. The van der Waals surface area contributed by atoms with Crippen molar-refractivity contribution in [3.05, 3.63) is 100 Å². The Hall–Kier alpha value is -2.16. The highest BCUT2D eigenvalue weighted by molar-refractivity contribution is 7.81. The third kappa shape index (κ3) is 3.84. The normalized spacial score (nSPS) is 10.4. The molecule has 1 nitrogen and oxygen atoms in total. The maximum atomic E-state index is 6.19. The van der Waals surface area contributed by atoms with Gasteiger partial charge >= 0.3 is 0 Å². The molecule has 0 saturated heterocycles. The molecule has 3 rings (SSSR count). The molecule has 0 aliphatic rings. The Kier molecular flexibility index (Phi) is 5.29. The van der Waals surface area contributed by atoms with Gasteiger partial charge in [0.1, 0.15) is 5.75 Å². The van der Waals surface area contributed by atoms with Crippen molar-refractivity contribution in [2.24, 2.45) is 0 Å². The Balaban J connectivity index is 1.77. The van der Waals surface area contributed by atoms with Gasteiger partial charge in [0.05, 0.1) is 17.0 Å². The number of thiocarbonyl (C=S) groups is 1. The first-order valence-corrected chi connectivity index (χ1v) is 8.47. The average Bonchev–Trinajstić information content (AvgIpc) is 2.62. The molecule has 3 aromatic rings. The highest BCUT2D eigenvalue weighted by atomic mass is 35.5. The molecule has 3 heteroatoms. The lowest BCUT2D eigenvalue weighted by Gasteiger charge is -2.09. The topological polar surface area (TPSA) is 9.23 Å². The van der Waals surface area contributed by atoms with Crippen molar-refractivity contribution in [1.82, 2.24) is 0 Å². The first kappa shape index (κ1) is 16.7. The second kappa shape index (κ2) is 7.61. The molecule has 3 aromatic carbocycles. The number of halogens is 1. The molecule has 0 radical (unpaired) electrons. The van der Waals surface area contributed by atoms with Crippen molar-refractivity contribution < 1.29 is 4.74 Å². The largest absolute Gasteiger partial charge is 0.495 e. The van der Waals surface area contributed by atoms with Crippen LogP contribution in [0.1, 0.15) is 22.3 Å². The Morgan fingerprint density at radius 1 is 0.875 bits per heavy atom. The lowest BCUT2D eigenvalue weighted by atomic mass is 10.00. The highest BCUT2D eigenvalue weighted by Crippen LogP contribution is 2.26. The average molecular weight is 353 g/mol. The number of rotatable bonds is 5. The van der Waals surface area contributed by atoms with Crippen molar-refractivity contribution in [1.29, 1.82) is 0 Å². The van der Waals surface area contributed by atoms with Crippen LogP contribution in [0.15, 0.2) is 72.8 Å². The van der Waals surface area contributed by atoms with Crippen molar-refractivity contribution in [3.63, 3.8) is 0 Å². The van der Waals surface area contributed by atoms with E-state index in [0.29, 0.717) is 10.8 Å². The van der Waals surface area contributed by atoms with E-state index in [0.717, 1.165) is 22.4 Å². The van der Waals surface area contributed by atoms with E-state index in [-0.39, 0.29) is 0 Å². The number of benzene rings is 3. The van der Waals surface area contributed by atoms with Gasteiger partial charge in [0.2, 0.25) is 0 Å². The van der Waals surface area contributed by atoms with Gasteiger partial charge in [-0.1, -0.05) is 78.4 Å². The molecular formula is C21H17ClOS. The first-order valence-electron chi connectivity index (χ1n) is 7.68. The van der Waals surface area contributed by atoms with Crippen LogP contribution >= 0.6 is 23.8 Å². The fourth-order valence-corrected chi connectivity index (χ4v) is 3.10. The van der Waals surface area contributed by atoms with E-state index in [2.05, 4.69) is 48.5 Å². The van der Waals surface area contributed by atoms with Crippen molar-refractivity contribution >= 4 is 28.7 Å². The maximum Gasteiger partial charge on any atom is 0.137 e. The van der Waals surface area contributed by atoms with Gasteiger partial charge in [-0.25, -0.2) is 0 Å². The predicted octanol–water partition coefficient (Wildman–Crippen LogP) is 5.71. The van der Waals surface area contributed by atoms with Crippen LogP contribution in [0.3, 0.4) is 0 Å². The summed E-state index contributed by atoms with van der Waals surface area (Å²) in [5.74, 6) is 0.654. The summed E-state index contributed by atoms with van der Waals surface area (Å²) in [6, 6.07) is 24.4. The fourth-order valence-electron chi connectivity index (χ4n) is 2.58. The van der Waals surface area contributed by atoms with Gasteiger partial charge in [-0.15, -0.1) is 0 Å². The first-order chi connectivity index (χ1) is 11.7. The van der Waals surface area contributed by atoms with Crippen molar-refractivity contribution in [2.75, 3.05) is 7.11 Å². The van der Waals surface area contributed by atoms with E-state index < -0.39 is 0 Å². The van der Waals surface area contributed by atoms with Gasteiger partial charge in [-0.3, -0.25) is 0 Å². The van der Waals surface area contributed by atoms with Crippen LogP contribution in [-0.2, 0) is 6.42 Å². The van der Waals surface area contributed by atoms with Crippen LogP contribution in [-0.4, -0.2) is 12.0 Å². The SMILES string of the molecule is COc1ccc(C(=S)c2ccc(Cc3ccccc3)cc2)cc1Cl. The summed E-state index contributed by atoms with van der Waals surface area (Å²) in [5.41, 5.74) is 4.50. The minimum Gasteiger partial charge on any atom is -0.495 e. The van der Waals surface area contributed by atoms with E-state index >= 15 is 0 Å². The van der Waals surface area contributed by atoms with Crippen LogP contribution < -0.4 is 4.74 Å². The molecule has 0 spiro atoms. The number of hydrogen-bond donors (Lipinski definition) is 0. The third-order valence-electron chi connectivity index (χ3n) is 3.88. The fraction of sp³-hybridized carbons (Fsp3) is 0.0952. The molecule has 0 amide bonds. The van der Waals surface area contributed by atoms with Crippen LogP contribution in [0.25, 0.3) is 0 Å². The molecule has 0 aliphatic heterocycles. The molecule has 0 atom stereocenters. The smallest absolute Gasteiger partial charge is 0.137 e. The third-order valence-corrected chi connectivity index (χ3v) is 4.65. The van der Waals surface area contributed by atoms with E-state index in [4.69, 9.17) is 28.6 Å². The minimum atomic E-state index is 0.568. The van der Waals surface area contributed by atoms with Gasteiger partial charge in [-0.2, -0.15) is 0 Å². The zero-order valence-corrected chi connectivity index (χ0v) is 14.9. The summed E-state index contributed by atoms with van der Waals surface area (Å²) in [4.78, 5) is 0.783. The van der Waals surface area contributed by atoms with E-state index in [1.54, 1.807) is 7.11 Å². The second-order valence-corrected chi connectivity index (χ2v) is 6.35. The van der Waals surface area contributed by atoms with Gasteiger partial charge in [0.15, 0.2) is 0 Å². The molecule has 0 saturated carbocycles. The summed E-state index contributed by atoms with van der Waals surface area (Å²) < 4.78 is 5.18. The summed E-state index contributed by atoms with van der Waals surface area (Å²) in [5, 5.41) is 0.568. The summed E-state index contributed by atoms with van der Waals surface area (Å²) in [7, 11) is 1.60. The Bertz CT molecular complexity index is 841. The molecule has 0 heterocycles. The Morgan fingerprint density at radius 2 is 1.50 bits per heavy atom. The Morgan fingerprint density at radius 3 is 2.12 bits per heavy atom. The molecule has 0 N–H and O–H groups in total. The molecule has 0 aromatic heterocycles. The molecule has 0 fully saturated rings. The molecule has 0 unspecified atom stereocenters. The standard InChI is InChI=1S/C21H17ClOS/c1-23-20-12-11-18(14-19(20)22)21(24)17-9-7-16(8-10-17)13-15-5-3-2-4-6-15/h2-12,14H,13H2,1H3. The number of hydrogen-bond acceptors (Lipinski definition) is 2. The molecule has 0 bridgehead atoms. The quantitative estimate of drug-likeness (QED) is 0.430. The summed E-state index contributed by atoms with van der Waals surface area (Å²) in [6.07, 6.45) is 0.919. The van der Waals surface area contributed by atoms with E-state index in [1.807, 2.05) is 24.3 Å². The monoisotopic (exact) mass is 352 g/mol. The van der Waals surface area contributed by atoms with Crippen molar-refractivity contribution in [3.8, 4) is 5.75 Å². The zero-order valence-electron chi connectivity index (χ0n) is 13.3. The molecule has 0 aliphatic carbocycles. The van der Waals surface area contributed by atoms with E-state index in [1.165, 1.54) is 11.1 Å². The van der Waals surface area contributed by atoms with Crippen molar-refractivity contribution in [2.45, 2.75) is 6.42 Å². The minimum absolute atomic E-state index is 0.568. The molecular weight excluding hydrogens is 336 g/mol. The molecule has 120 valence electrons. The molecule has 24 heavy (non-hydrogen) atoms. The summed E-state index contributed by atoms with van der Waals surface area (Å²) in [6.45, 7) is 0. The van der Waals surface area contributed by atoms with Gasteiger partial charge in [0.25, 0.3) is 0 Å². The van der Waals surface area contributed by atoms with Gasteiger partial charge in [-0.05, 0) is 46.9 Å². The Labute approximate surface area is 152 Å². The lowest BCUT2D eigenvalue weighted by Crippen LogP contribution is -2.00. The predicted molar refractivity (Wildman–Crippen MR) is 104 cm³/mol. The lowest BCUT2D eigenvalue weighted by molar-refractivity contribution is 0.415. The highest BCUT2D eigenvalue weighted by Gasteiger charge is 2.08. The number of methoxy groups -OCH3 is 1.